The Kier molecular flexibility index (Phi) is 3.49. The molecule has 1 unspecified atom stereocenters. The predicted octanol–water partition coefficient (Wildman–Crippen LogP) is 3.77. The number of benzene rings is 1. The van der Waals surface area contributed by atoms with Crippen LogP contribution in [0.5, 0.6) is 0 Å². The van der Waals surface area contributed by atoms with Crippen LogP contribution in [0.2, 0.25) is 0 Å². The normalized spacial score (nSPS) is 13.0. The average molecular weight is 254 g/mol. The highest BCUT2D eigenvalue weighted by molar-refractivity contribution is 7.15. The standard InChI is InChI=1S/C12H12F2N2S/c1-7(15)10-6-16-12(17-10)9-4-2-3-8(5-9)11(13)14/h2-7,11H,15H2,1H3. The summed E-state index contributed by atoms with van der Waals surface area (Å²) in [5.74, 6) is 0. The van der Waals surface area contributed by atoms with E-state index in [0.717, 1.165) is 9.88 Å². The molecule has 0 fully saturated rings. The SMILES string of the molecule is CC(N)c1cnc(-c2cccc(C(F)F)c2)s1. The van der Waals surface area contributed by atoms with Gasteiger partial charge in [-0.25, -0.2) is 13.8 Å². The molecule has 0 aliphatic carbocycles. The molecule has 17 heavy (non-hydrogen) atoms. The van der Waals surface area contributed by atoms with Crippen molar-refractivity contribution >= 4 is 11.3 Å². The second kappa shape index (κ2) is 4.89. The molecule has 0 radical (unpaired) electrons. The van der Waals surface area contributed by atoms with Gasteiger partial charge in [0, 0.05) is 28.2 Å². The van der Waals surface area contributed by atoms with Crippen LogP contribution in [0.15, 0.2) is 30.5 Å². The van der Waals surface area contributed by atoms with Gasteiger partial charge in [-0.3, -0.25) is 0 Å². The molecule has 1 atom stereocenters. The van der Waals surface area contributed by atoms with E-state index in [0.29, 0.717) is 5.56 Å². The summed E-state index contributed by atoms with van der Waals surface area (Å²) in [6, 6.07) is 6.18. The first-order chi connectivity index (χ1) is 8.08. The lowest BCUT2D eigenvalue weighted by molar-refractivity contribution is 0.151. The molecular formula is C12H12F2N2S. The zero-order valence-corrected chi connectivity index (χ0v) is 10.0. The van der Waals surface area contributed by atoms with Crippen LogP contribution in [0.25, 0.3) is 10.6 Å². The highest BCUT2D eigenvalue weighted by Crippen LogP contribution is 2.30. The first-order valence-electron chi connectivity index (χ1n) is 5.17. The lowest BCUT2D eigenvalue weighted by Crippen LogP contribution is -2.01. The molecule has 5 heteroatoms. The molecule has 0 amide bonds. The van der Waals surface area contributed by atoms with Crippen molar-refractivity contribution < 1.29 is 8.78 Å². The molecule has 2 N–H and O–H groups in total. The minimum atomic E-state index is -2.46. The van der Waals surface area contributed by atoms with Crippen LogP contribution in [0.3, 0.4) is 0 Å². The van der Waals surface area contributed by atoms with E-state index < -0.39 is 6.43 Å². The van der Waals surface area contributed by atoms with Crippen molar-refractivity contribution in [3.63, 3.8) is 0 Å². The number of nitrogens with zero attached hydrogens (tertiary/aromatic N) is 1. The summed E-state index contributed by atoms with van der Waals surface area (Å²) in [4.78, 5) is 5.15. The molecule has 1 heterocycles. The molecule has 0 bridgehead atoms. The third kappa shape index (κ3) is 2.68. The minimum Gasteiger partial charge on any atom is -0.323 e. The molecule has 0 saturated carbocycles. The largest absolute Gasteiger partial charge is 0.323 e. The van der Waals surface area contributed by atoms with Crippen molar-refractivity contribution in [2.75, 3.05) is 0 Å². The summed E-state index contributed by atoms with van der Waals surface area (Å²) in [7, 11) is 0. The van der Waals surface area contributed by atoms with Gasteiger partial charge >= 0.3 is 0 Å². The Morgan fingerprint density at radius 2 is 2.12 bits per heavy atom. The molecule has 2 nitrogen and oxygen atoms in total. The molecule has 90 valence electrons. The summed E-state index contributed by atoms with van der Waals surface area (Å²) >= 11 is 1.43. The van der Waals surface area contributed by atoms with Gasteiger partial charge in [-0.05, 0) is 13.0 Å². The highest BCUT2D eigenvalue weighted by atomic mass is 32.1. The van der Waals surface area contributed by atoms with Crippen molar-refractivity contribution in [1.29, 1.82) is 0 Å². The lowest BCUT2D eigenvalue weighted by atomic mass is 10.1. The fraction of sp³-hybridized carbons (Fsp3) is 0.250. The minimum absolute atomic E-state index is 0.0139. The van der Waals surface area contributed by atoms with Gasteiger partial charge in [0.1, 0.15) is 5.01 Å². The number of halogens is 2. The summed E-state index contributed by atoms with van der Waals surface area (Å²) in [6.07, 6.45) is -0.762. The molecule has 2 aromatic rings. The van der Waals surface area contributed by atoms with Gasteiger partial charge in [-0.2, -0.15) is 0 Å². The van der Waals surface area contributed by atoms with Crippen LogP contribution in [0, 0.1) is 0 Å². The zero-order valence-electron chi connectivity index (χ0n) is 9.23. The summed E-state index contributed by atoms with van der Waals surface area (Å²) < 4.78 is 25.1. The fourth-order valence-electron chi connectivity index (χ4n) is 1.44. The number of hydrogen-bond donors (Lipinski definition) is 1. The van der Waals surface area contributed by atoms with E-state index in [2.05, 4.69) is 4.98 Å². The second-order valence-electron chi connectivity index (χ2n) is 3.78. The number of aromatic nitrogens is 1. The molecular weight excluding hydrogens is 242 g/mol. The Hall–Kier alpha value is -1.33. The van der Waals surface area contributed by atoms with Crippen molar-refractivity contribution in [2.45, 2.75) is 19.4 Å². The molecule has 0 aliphatic rings. The number of thiazole rings is 1. The van der Waals surface area contributed by atoms with Crippen LogP contribution in [0.1, 0.15) is 29.8 Å². The first kappa shape index (κ1) is 12.1. The van der Waals surface area contributed by atoms with Crippen LogP contribution < -0.4 is 5.73 Å². The zero-order chi connectivity index (χ0) is 12.4. The Morgan fingerprint density at radius 3 is 2.71 bits per heavy atom. The van der Waals surface area contributed by atoms with Crippen LogP contribution >= 0.6 is 11.3 Å². The van der Waals surface area contributed by atoms with E-state index in [-0.39, 0.29) is 11.6 Å². The average Bonchev–Trinajstić information content (AvgIpc) is 2.78. The Morgan fingerprint density at radius 1 is 1.35 bits per heavy atom. The summed E-state index contributed by atoms with van der Waals surface area (Å²) in [5, 5.41) is 0.722. The monoisotopic (exact) mass is 254 g/mol. The van der Waals surface area contributed by atoms with Gasteiger partial charge in [-0.1, -0.05) is 18.2 Å². The number of rotatable bonds is 3. The van der Waals surface area contributed by atoms with Crippen molar-refractivity contribution in [3.8, 4) is 10.6 Å². The molecule has 1 aromatic heterocycles. The summed E-state index contributed by atoms with van der Waals surface area (Å²) in [5.41, 5.74) is 6.46. The van der Waals surface area contributed by atoms with Gasteiger partial charge < -0.3 is 5.73 Å². The van der Waals surface area contributed by atoms with Gasteiger partial charge in [-0.15, -0.1) is 11.3 Å². The maximum absolute atomic E-state index is 12.6. The van der Waals surface area contributed by atoms with Gasteiger partial charge in [0.15, 0.2) is 0 Å². The molecule has 2 rings (SSSR count). The summed E-state index contributed by atoms with van der Waals surface area (Å²) in [6.45, 7) is 1.87. The number of alkyl halides is 2. The van der Waals surface area contributed by atoms with Gasteiger partial charge in [0.25, 0.3) is 6.43 Å². The van der Waals surface area contributed by atoms with E-state index in [1.165, 1.54) is 23.5 Å². The quantitative estimate of drug-likeness (QED) is 0.905. The van der Waals surface area contributed by atoms with Crippen LogP contribution in [-0.4, -0.2) is 4.98 Å². The fourth-order valence-corrected chi connectivity index (χ4v) is 2.30. The predicted molar refractivity (Wildman–Crippen MR) is 65.1 cm³/mol. The van der Waals surface area contributed by atoms with E-state index in [1.807, 2.05) is 6.92 Å². The van der Waals surface area contributed by atoms with E-state index in [1.54, 1.807) is 18.3 Å². The molecule has 0 saturated heterocycles. The molecule has 0 spiro atoms. The lowest BCUT2D eigenvalue weighted by Gasteiger charge is -2.02. The van der Waals surface area contributed by atoms with Gasteiger partial charge in [0.2, 0.25) is 0 Å². The van der Waals surface area contributed by atoms with Crippen molar-refractivity contribution in [2.24, 2.45) is 5.73 Å². The Labute approximate surface area is 102 Å². The van der Waals surface area contributed by atoms with E-state index >= 15 is 0 Å². The maximum Gasteiger partial charge on any atom is 0.263 e. The number of nitrogens with two attached hydrogens (primary N) is 1. The topological polar surface area (TPSA) is 38.9 Å². The second-order valence-corrected chi connectivity index (χ2v) is 4.84. The van der Waals surface area contributed by atoms with Gasteiger partial charge in [0.05, 0.1) is 0 Å². The van der Waals surface area contributed by atoms with Crippen molar-refractivity contribution in [1.82, 2.24) is 4.98 Å². The van der Waals surface area contributed by atoms with E-state index in [9.17, 15) is 8.78 Å². The van der Waals surface area contributed by atoms with E-state index in [4.69, 9.17) is 5.73 Å². The number of hydrogen-bond acceptors (Lipinski definition) is 3. The third-order valence-electron chi connectivity index (χ3n) is 2.36. The molecule has 1 aromatic carbocycles. The van der Waals surface area contributed by atoms with Crippen LogP contribution in [0.4, 0.5) is 8.78 Å². The highest BCUT2D eigenvalue weighted by Gasteiger charge is 2.11. The smallest absolute Gasteiger partial charge is 0.263 e. The molecule has 0 aliphatic heterocycles. The Balaban J connectivity index is 2.35. The first-order valence-corrected chi connectivity index (χ1v) is 5.99. The van der Waals surface area contributed by atoms with Crippen molar-refractivity contribution in [3.05, 3.63) is 40.9 Å². The Bertz CT molecular complexity index is 509. The maximum atomic E-state index is 12.6. The third-order valence-corrected chi connectivity index (χ3v) is 3.61. The van der Waals surface area contributed by atoms with Crippen LogP contribution in [-0.2, 0) is 0 Å².